The predicted octanol–water partition coefficient (Wildman–Crippen LogP) is 4.66. The van der Waals surface area contributed by atoms with E-state index in [4.69, 9.17) is 0 Å². The van der Waals surface area contributed by atoms with Crippen LogP contribution in [0.5, 0.6) is 0 Å². The van der Waals surface area contributed by atoms with Crippen molar-refractivity contribution < 1.29 is 9.59 Å². The van der Waals surface area contributed by atoms with Crippen LogP contribution in [-0.2, 0) is 22.6 Å². The molecule has 1 aliphatic heterocycles. The summed E-state index contributed by atoms with van der Waals surface area (Å²) in [6, 6.07) is 22.5. The molecule has 0 bridgehead atoms. The fourth-order valence-electron chi connectivity index (χ4n) is 4.22. The van der Waals surface area contributed by atoms with Gasteiger partial charge in [0.1, 0.15) is 0 Å². The molecule has 0 radical (unpaired) electrons. The monoisotopic (exact) mass is 432 g/mol. The van der Waals surface area contributed by atoms with E-state index < -0.39 is 0 Å². The molecule has 5 heteroatoms. The zero-order chi connectivity index (χ0) is 21.6. The molecule has 4 rings (SSSR count). The summed E-state index contributed by atoms with van der Waals surface area (Å²) in [7, 11) is 0. The van der Waals surface area contributed by atoms with Crippen LogP contribution in [0.3, 0.4) is 0 Å². The lowest BCUT2D eigenvalue weighted by molar-refractivity contribution is -0.135. The minimum Gasteiger partial charge on any atom is -0.352 e. The highest BCUT2D eigenvalue weighted by molar-refractivity contribution is 7.98. The van der Waals surface area contributed by atoms with E-state index in [1.807, 2.05) is 47.6 Å². The number of carbonyl (C=O) groups excluding carboxylic acids is 2. The first-order valence-corrected chi connectivity index (χ1v) is 12.0. The summed E-state index contributed by atoms with van der Waals surface area (Å²) < 4.78 is 0. The lowest BCUT2D eigenvalue weighted by atomic mass is 9.95. The third kappa shape index (κ3) is 5.28. The number of benzene rings is 3. The normalized spacial score (nSPS) is 16.3. The van der Waals surface area contributed by atoms with Crippen molar-refractivity contribution in [3.63, 3.8) is 0 Å². The van der Waals surface area contributed by atoms with Crippen LogP contribution < -0.4 is 5.32 Å². The van der Waals surface area contributed by atoms with Crippen molar-refractivity contribution in [2.75, 3.05) is 19.3 Å². The molecular weight excluding hydrogens is 404 g/mol. The van der Waals surface area contributed by atoms with E-state index in [0.717, 1.165) is 41.3 Å². The van der Waals surface area contributed by atoms with Crippen LogP contribution in [0, 0.1) is 5.92 Å². The zero-order valence-corrected chi connectivity index (χ0v) is 18.7. The Labute approximate surface area is 188 Å². The second-order valence-corrected chi connectivity index (χ2v) is 8.94. The third-order valence-electron chi connectivity index (χ3n) is 5.99. The summed E-state index contributed by atoms with van der Waals surface area (Å²) in [6.07, 6.45) is 4.11. The first-order valence-electron chi connectivity index (χ1n) is 10.8. The van der Waals surface area contributed by atoms with Crippen LogP contribution in [0.4, 0.5) is 0 Å². The van der Waals surface area contributed by atoms with Gasteiger partial charge in [0.2, 0.25) is 11.8 Å². The van der Waals surface area contributed by atoms with E-state index in [-0.39, 0.29) is 17.7 Å². The van der Waals surface area contributed by atoms with Crippen LogP contribution in [0.15, 0.2) is 71.6 Å². The topological polar surface area (TPSA) is 49.4 Å². The molecule has 1 aliphatic rings. The average molecular weight is 433 g/mol. The molecular formula is C26H28N2O2S. The van der Waals surface area contributed by atoms with Gasteiger partial charge in [0.25, 0.3) is 0 Å². The van der Waals surface area contributed by atoms with Gasteiger partial charge >= 0.3 is 0 Å². The smallest absolute Gasteiger partial charge is 0.227 e. The maximum atomic E-state index is 13.0. The molecule has 0 saturated carbocycles. The largest absolute Gasteiger partial charge is 0.352 e. The number of fused-ring (bicyclic) bond motifs is 1. The summed E-state index contributed by atoms with van der Waals surface area (Å²) in [4.78, 5) is 28.8. The number of hydrogen-bond acceptors (Lipinski definition) is 3. The molecule has 1 fully saturated rings. The summed E-state index contributed by atoms with van der Waals surface area (Å²) in [6.45, 7) is 1.75. The van der Waals surface area contributed by atoms with Gasteiger partial charge in [0.05, 0.1) is 12.3 Å². The standard InChI is InChI=1S/C26H28N2O2S/c1-31-23-13-11-19(12-14-23)17-27-26(30)22-9-5-15-28(18-22)25(29)16-21-8-4-7-20-6-2-3-10-24(20)21/h2-4,6-8,10-14,22H,5,9,15-18H2,1H3,(H,27,30). The van der Waals surface area contributed by atoms with Crippen LogP contribution in [-0.4, -0.2) is 36.1 Å². The van der Waals surface area contributed by atoms with Gasteiger partial charge in [-0.05, 0) is 53.1 Å². The highest BCUT2D eigenvalue weighted by Gasteiger charge is 2.28. The van der Waals surface area contributed by atoms with Gasteiger partial charge in [0.15, 0.2) is 0 Å². The molecule has 1 N–H and O–H groups in total. The highest BCUT2D eigenvalue weighted by Crippen LogP contribution is 2.22. The van der Waals surface area contributed by atoms with Crippen molar-refractivity contribution >= 4 is 34.3 Å². The Bertz CT molecular complexity index is 1060. The van der Waals surface area contributed by atoms with Crippen molar-refractivity contribution in [2.24, 2.45) is 5.92 Å². The van der Waals surface area contributed by atoms with Crippen LogP contribution in [0.2, 0.25) is 0 Å². The number of rotatable bonds is 6. The molecule has 3 aromatic rings. The first-order chi connectivity index (χ1) is 15.1. The molecule has 1 saturated heterocycles. The summed E-state index contributed by atoms with van der Waals surface area (Å²) >= 11 is 1.70. The molecule has 160 valence electrons. The van der Waals surface area contributed by atoms with Crippen molar-refractivity contribution in [1.82, 2.24) is 10.2 Å². The number of amides is 2. The second-order valence-electron chi connectivity index (χ2n) is 8.06. The highest BCUT2D eigenvalue weighted by atomic mass is 32.2. The van der Waals surface area contributed by atoms with Crippen molar-refractivity contribution in [3.8, 4) is 0 Å². The van der Waals surface area contributed by atoms with Crippen LogP contribution >= 0.6 is 11.8 Å². The third-order valence-corrected chi connectivity index (χ3v) is 6.74. The van der Waals surface area contributed by atoms with Gasteiger partial charge in [-0.25, -0.2) is 0 Å². The van der Waals surface area contributed by atoms with Crippen LogP contribution in [0.25, 0.3) is 10.8 Å². The molecule has 3 aromatic carbocycles. The Balaban J connectivity index is 1.34. The first kappa shape index (κ1) is 21.4. The lowest BCUT2D eigenvalue weighted by Gasteiger charge is -2.32. The average Bonchev–Trinajstić information content (AvgIpc) is 2.83. The Hall–Kier alpha value is -2.79. The van der Waals surface area contributed by atoms with Gasteiger partial charge in [0, 0.05) is 24.5 Å². The van der Waals surface area contributed by atoms with Gasteiger partial charge in [-0.3, -0.25) is 9.59 Å². The fourth-order valence-corrected chi connectivity index (χ4v) is 4.62. The molecule has 4 nitrogen and oxygen atoms in total. The molecule has 31 heavy (non-hydrogen) atoms. The SMILES string of the molecule is CSc1ccc(CNC(=O)C2CCCN(C(=O)Cc3cccc4ccccc34)C2)cc1. The van der Waals surface area contributed by atoms with Crippen molar-refractivity contribution in [3.05, 3.63) is 77.9 Å². The molecule has 1 atom stereocenters. The number of hydrogen-bond donors (Lipinski definition) is 1. The molecule has 2 amide bonds. The Kier molecular flexibility index (Phi) is 6.92. The quantitative estimate of drug-likeness (QED) is 0.577. The number of nitrogens with zero attached hydrogens (tertiary/aromatic N) is 1. The number of likely N-dealkylation sites (tertiary alicyclic amines) is 1. The Morgan fingerprint density at radius 2 is 1.81 bits per heavy atom. The van der Waals surface area contributed by atoms with E-state index in [1.54, 1.807) is 11.8 Å². The Morgan fingerprint density at radius 1 is 1.03 bits per heavy atom. The minimum atomic E-state index is -0.143. The maximum absolute atomic E-state index is 13.0. The maximum Gasteiger partial charge on any atom is 0.227 e. The fraction of sp³-hybridized carbons (Fsp3) is 0.308. The minimum absolute atomic E-state index is 0.0385. The van der Waals surface area contributed by atoms with E-state index in [9.17, 15) is 9.59 Å². The van der Waals surface area contributed by atoms with Crippen molar-refractivity contribution in [1.29, 1.82) is 0 Å². The molecule has 0 aliphatic carbocycles. The van der Waals surface area contributed by atoms with Gasteiger partial charge in [-0.15, -0.1) is 11.8 Å². The summed E-state index contributed by atoms with van der Waals surface area (Å²) in [5.74, 6) is -0.00574. The van der Waals surface area contributed by atoms with E-state index in [0.29, 0.717) is 19.5 Å². The summed E-state index contributed by atoms with van der Waals surface area (Å²) in [5.41, 5.74) is 2.13. The van der Waals surface area contributed by atoms with E-state index in [1.165, 1.54) is 4.90 Å². The molecule has 1 heterocycles. The van der Waals surface area contributed by atoms with Gasteiger partial charge in [-0.1, -0.05) is 54.6 Å². The van der Waals surface area contributed by atoms with Crippen LogP contribution in [0.1, 0.15) is 24.0 Å². The predicted molar refractivity (Wildman–Crippen MR) is 127 cm³/mol. The Morgan fingerprint density at radius 3 is 2.61 bits per heavy atom. The molecule has 1 unspecified atom stereocenters. The number of nitrogens with one attached hydrogen (secondary N) is 1. The second kappa shape index (κ2) is 10.0. The number of thioether (sulfide) groups is 1. The summed E-state index contributed by atoms with van der Waals surface area (Å²) in [5, 5.41) is 5.33. The van der Waals surface area contributed by atoms with Gasteiger partial charge < -0.3 is 10.2 Å². The van der Waals surface area contributed by atoms with E-state index >= 15 is 0 Å². The van der Waals surface area contributed by atoms with E-state index in [2.05, 4.69) is 35.6 Å². The number of carbonyl (C=O) groups is 2. The molecule has 0 spiro atoms. The number of piperidine rings is 1. The molecule has 0 aromatic heterocycles. The lowest BCUT2D eigenvalue weighted by Crippen LogP contribution is -2.45. The van der Waals surface area contributed by atoms with Gasteiger partial charge in [-0.2, -0.15) is 0 Å². The van der Waals surface area contributed by atoms with Crippen molar-refractivity contribution in [2.45, 2.75) is 30.7 Å². The zero-order valence-electron chi connectivity index (χ0n) is 17.8.